The van der Waals surface area contributed by atoms with Crippen molar-refractivity contribution in [3.05, 3.63) is 24.3 Å². The van der Waals surface area contributed by atoms with Crippen molar-refractivity contribution in [1.82, 2.24) is 5.32 Å². The molecule has 87 heavy (non-hydrogen) atoms. The highest BCUT2D eigenvalue weighted by molar-refractivity contribution is 5.76. The number of ether oxygens (including phenoxy) is 6. The van der Waals surface area contributed by atoms with Crippen LogP contribution in [0.1, 0.15) is 271 Å². The minimum Gasteiger partial charge on any atom is -0.394 e. The molecule has 3 fully saturated rings. The molecule has 3 aliphatic rings. The van der Waals surface area contributed by atoms with Gasteiger partial charge < -0.3 is 89.9 Å². The van der Waals surface area contributed by atoms with Crippen LogP contribution in [0.5, 0.6) is 0 Å². The number of aliphatic hydroxyl groups excluding tert-OH is 11. The average molecular weight is 1250 g/mol. The van der Waals surface area contributed by atoms with Crippen molar-refractivity contribution in [1.29, 1.82) is 0 Å². The first-order valence-electron chi connectivity index (χ1n) is 35.1. The number of aliphatic hydroxyl groups is 11. The van der Waals surface area contributed by atoms with Crippen LogP contribution in [0.25, 0.3) is 0 Å². The Labute approximate surface area is 524 Å². The molecule has 0 saturated carbocycles. The maximum absolute atomic E-state index is 13.4. The Kier molecular flexibility index (Phi) is 46.4. The molecule has 12 N–H and O–H groups in total. The zero-order chi connectivity index (χ0) is 63.3. The quantitative estimate of drug-likeness (QED) is 0.0200. The normalized spacial score (nSPS) is 28.7. The van der Waals surface area contributed by atoms with E-state index in [1.54, 1.807) is 0 Å². The molecule has 3 saturated heterocycles. The van der Waals surface area contributed by atoms with Gasteiger partial charge in [-0.15, -0.1) is 0 Å². The van der Waals surface area contributed by atoms with E-state index < -0.39 is 124 Å². The van der Waals surface area contributed by atoms with Crippen molar-refractivity contribution in [3.8, 4) is 0 Å². The highest BCUT2D eigenvalue weighted by Crippen LogP contribution is 2.33. The van der Waals surface area contributed by atoms with Gasteiger partial charge in [0.2, 0.25) is 5.91 Å². The lowest BCUT2D eigenvalue weighted by Gasteiger charge is -2.48. The standard InChI is InChI=1S/C68H127NO18/c1-3-5-7-9-11-13-15-17-19-21-22-23-24-25-26-27-28-30-32-34-36-38-40-42-44-46-56(74)69-51(52(73)45-43-41-39-37-35-33-31-29-20-18-16-14-12-10-8-6-4-2)50-82-66-62(80)59(77)64(54(48-71)84-66)87-68-63(81)60(78)65(55(49-72)85-68)86-67-61(79)58(76)57(75)53(47-70)83-67/h15,17,21-22,51-55,57-68,70-73,75-81H,3-14,16,18-20,23-50H2,1-2H3,(H,69,74)/b17-15-,22-21-. The summed E-state index contributed by atoms with van der Waals surface area (Å²) in [5.74, 6) is -0.241. The number of unbranched alkanes of at least 4 members (excludes halogenated alkanes) is 34. The van der Waals surface area contributed by atoms with Crippen LogP contribution in [0, 0.1) is 0 Å². The van der Waals surface area contributed by atoms with Crippen molar-refractivity contribution in [2.75, 3.05) is 26.4 Å². The molecule has 0 aromatic heterocycles. The van der Waals surface area contributed by atoms with Crippen molar-refractivity contribution in [2.45, 2.75) is 375 Å². The van der Waals surface area contributed by atoms with Gasteiger partial charge in [0.05, 0.1) is 38.6 Å². The second-order valence-electron chi connectivity index (χ2n) is 25.3. The van der Waals surface area contributed by atoms with Gasteiger partial charge in [-0.1, -0.05) is 244 Å². The molecule has 512 valence electrons. The topological polar surface area (TPSA) is 307 Å². The Hall–Kier alpha value is -1.73. The molecule has 1 amide bonds. The van der Waals surface area contributed by atoms with Gasteiger partial charge in [-0.25, -0.2) is 0 Å². The van der Waals surface area contributed by atoms with Gasteiger partial charge in [0, 0.05) is 6.42 Å². The molecule has 0 radical (unpaired) electrons. The van der Waals surface area contributed by atoms with Crippen LogP contribution in [-0.2, 0) is 33.2 Å². The van der Waals surface area contributed by atoms with Crippen molar-refractivity contribution < 1.29 is 89.4 Å². The molecule has 0 aliphatic carbocycles. The minimum atomic E-state index is -1.97. The third kappa shape index (κ3) is 33.1. The van der Waals surface area contributed by atoms with Crippen LogP contribution in [0.15, 0.2) is 24.3 Å². The van der Waals surface area contributed by atoms with Crippen LogP contribution in [0.4, 0.5) is 0 Å². The fourth-order valence-electron chi connectivity index (χ4n) is 12.1. The number of hydrogen-bond donors (Lipinski definition) is 12. The van der Waals surface area contributed by atoms with Crippen molar-refractivity contribution in [3.63, 3.8) is 0 Å². The molecular formula is C68H127NO18. The molecule has 19 heteroatoms. The van der Waals surface area contributed by atoms with Gasteiger partial charge >= 0.3 is 0 Å². The molecule has 0 bridgehead atoms. The predicted octanol–water partition coefficient (Wildman–Crippen LogP) is 9.05. The van der Waals surface area contributed by atoms with E-state index in [1.807, 2.05) is 0 Å². The first-order chi connectivity index (χ1) is 42.3. The van der Waals surface area contributed by atoms with E-state index in [-0.39, 0.29) is 18.9 Å². The number of amides is 1. The summed E-state index contributed by atoms with van der Waals surface area (Å²) in [4.78, 5) is 13.4. The minimum absolute atomic E-state index is 0.241. The molecule has 3 aliphatic heterocycles. The molecule has 17 unspecified atom stereocenters. The molecule has 19 nitrogen and oxygen atoms in total. The lowest BCUT2D eigenvalue weighted by atomic mass is 9.96. The van der Waals surface area contributed by atoms with Crippen LogP contribution in [0.2, 0.25) is 0 Å². The Morgan fingerprint density at radius 1 is 0.414 bits per heavy atom. The van der Waals surface area contributed by atoms with Crippen LogP contribution in [-0.4, -0.2) is 193 Å². The number of nitrogens with one attached hydrogen (secondary N) is 1. The Morgan fingerprint density at radius 3 is 1.17 bits per heavy atom. The molecule has 0 aromatic carbocycles. The number of carbonyl (C=O) groups excluding carboxylic acids is 1. The summed E-state index contributed by atoms with van der Waals surface area (Å²) >= 11 is 0. The van der Waals surface area contributed by atoms with Crippen LogP contribution >= 0.6 is 0 Å². The summed E-state index contributed by atoms with van der Waals surface area (Å²) in [6, 6.07) is -0.886. The summed E-state index contributed by atoms with van der Waals surface area (Å²) < 4.78 is 34.4. The largest absolute Gasteiger partial charge is 0.394 e. The Morgan fingerprint density at radius 2 is 0.759 bits per heavy atom. The van der Waals surface area contributed by atoms with E-state index in [4.69, 9.17) is 28.4 Å². The highest BCUT2D eigenvalue weighted by Gasteiger charge is 2.53. The number of allylic oxidation sites excluding steroid dienone is 4. The third-order valence-corrected chi connectivity index (χ3v) is 17.8. The highest BCUT2D eigenvalue weighted by atomic mass is 16.8. The van der Waals surface area contributed by atoms with Gasteiger partial charge in [-0.05, 0) is 44.9 Å². The lowest BCUT2D eigenvalue weighted by Crippen LogP contribution is -2.66. The predicted molar refractivity (Wildman–Crippen MR) is 337 cm³/mol. The summed E-state index contributed by atoms with van der Waals surface area (Å²) in [5, 5.41) is 121. The zero-order valence-electron chi connectivity index (χ0n) is 54.0. The molecule has 0 aromatic rings. The first-order valence-corrected chi connectivity index (χ1v) is 35.1. The molecular weight excluding hydrogens is 1120 g/mol. The third-order valence-electron chi connectivity index (χ3n) is 17.8. The van der Waals surface area contributed by atoms with Crippen molar-refractivity contribution in [2.24, 2.45) is 0 Å². The fourth-order valence-corrected chi connectivity index (χ4v) is 12.1. The zero-order valence-corrected chi connectivity index (χ0v) is 54.0. The van der Waals surface area contributed by atoms with Gasteiger partial charge in [0.1, 0.15) is 73.2 Å². The number of rotatable bonds is 54. The van der Waals surface area contributed by atoms with E-state index in [0.29, 0.717) is 12.8 Å². The SMILES string of the molecule is CCCCCCC/C=C\C/C=C\CCCCCCCCCCCCCCCC(=O)NC(COC1OC(CO)C(OC2OC(CO)C(OC3OC(CO)C(O)C(O)C3O)C(O)C2O)C(O)C1O)C(O)CCCCCCCCCCCCCCCCCCC. The maximum Gasteiger partial charge on any atom is 0.220 e. The summed E-state index contributed by atoms with van der Waals surface area (Å²) in [7, 11) is 0. The Bertz CT molecular complexity index is 1680. The molecule has 0 spiro atoms. The van der Waals surface area contributed by atoms with Crippen LogP contribution < -0.4 is 5.32 Å². The van der Waals surface area contributed by atoms with Gasteiger partial charge in [0.15, 0.2) is 18.9 Å². The fraction of sp³-hybridized carbons (Fsp3) is 0.926. The average Bonchev–Trinajstić information content (AvgIpc) is 1.15. The lowest BCUT2D eigenvalue weighted by molar-refractivity contribution is -0.379. The second-order valence-corrected chi connectivity index (χ2v) is 25.3. The van der Waals surface area contributed by atoms with Gasteiger partial charge in [-0.3, -0.25) is 4.79 Å². The first kappa shape index (κ1) is 79.5. The second kappa shape index (κ2) is 50.8. The van der Waals surface area contributed by atoms with E-state index in [0.717, 1.165) is 51.4 Å². The van der Waals surface area contributed by atoms with Crippen LogP contribution in [0.3, 0.4) is 0 Å². The summed E-state index contributed by atoms with van der Waals surface area (Å²) in [6.07, 6.45) is 29.6. The van der Waals surface area contributed by atoms with E-state index >= 15 is 0 Å². The Balaban J connectivity index is 1.42. The van der Waals surface area contributed by atoms with E-state index in [1.165, 1.54) is 186 Å². The van der Waals surface area contributed by atoms with Crippen molar-refractivity contribution >= 4 is 5.91 Å². The smallest absolute Gasteiger partial charge is 0.220 e. The van der Waals surface area contributed by atoms with Gasteiger partial charge in [0.25, 0.3) is 0 Å². The molecule has 3 rings (SSSR count). The van der Waals surface area contributed by atoms with E-state index in [9.17, 15) is 61.0 Å². The summed E-state index contributed by atoms with van der Waals surface area (Å²) in [5.41, 5.74) is 0. The number of hydrogen-bond acceptors (Lipinski definition) is 18. The number of carbonyl (C=O) groups is 1. The van der Waals surface area contributed by atoms with E-state index in [2.05, 4.69) is 43.5 Å². The van der Waals surface area contributed by atoms with Gasteiger partial charge in [-0.2, -0.15) is 0 Å². The summed E-state index contributed by atoms with van der Waals surface area (Å²) in [6.45, 7) is 1.81. The molecule has 17 atom stereocenters. The monoisotopic (exact) mass is 1250 g/mol. The molecule has 3 heterocycles. The maximum atomic E-state index is 13.4.